The zero-order chi connectivity index (χ0) is 22.6. The minimum absolute atomic E-state index is 0.115. The van der Waals surface area contributed by atoms with Crippen LogP contribution in [0.25, 0.3) is 0 Å². The van der Waals surface area contributed by atoms with Crippen LogP contribution in [0.3, 0.4) is 0 Å². The summed E-state index contributed by atoms with van der Waals surface area (Å²) in [5, 5.41) is 14.9. The van der Waals surface area contributed by atoms with Gasteiger partial charge in [-0.2, -0.15) is 5.26 Å². The number of likely N-dealkylation sites (tertiary alicyclic amines) is 1. The molecule has 8 nitrogen and oxygen atoms in total. The molecule has 0 radical (unpaired) electrons. The molecule has 1 saturated heterocycles. The predicted molar refractivity (Wildman–Crippen MR) is 125 cm³/mol. The third-order valence-corrected chi connectivity index (χ3v) is 7.83. The lowest BCUT2D eigenvalue weighted by atomic mass is 10.2. The van der Waals surface area contributed by atoms with E-state index in [9.17, 15) is 18.5 Å². The van der Waals surface area contributed by atoms with Gasteiger partial charge in [0.05, 0.1) is 10.9 Å². The van der Waals surface area contributed by atoms with Crippen LogP contribution in [0.4, 0.5) is 10.5 Å². The summed E-state index contributed by atoms with van der Waals surface area (Å²) in [7, 11) is -3.79. The van der Waals surface area contributed by atoms with Crippen molar-refractivity contribution >= 4 is 53.6 Å². The van der Waals surface area contributed by atoms with Crippen molar-refractivity contribution in [2.24, 2.45) is 0 Å². The largest absolute Gasteiger partial charge is 0.336 e. The number of nitrogens with one attached hydrogen (secondary N) is 3. The Labute approximate surface area is 198 Å². The molecule has 0 unspecified atom stereocenters. The zero-order valence-corrected chi connectivity index (χ0v) is 20.6. The van der Waals surface area contributed by atoms with E-state index in [2.05, 4.69) is 53.4 Å². The normalized spacial score (nSPS) is 18.5. The highest BCUT2D eigenvalue weighted by Crippen LogP contribution is 2.27. The van der Waals surface area contributed by atoms with E-state index < -0.39 is 16.1 Å². The molecule has 2 aromatic carbocycles. The van der Waals surface area contributed by atoms with Gasteiger partial charge in [-0.25, -0.2) is 17.9 Å². The molecule has 1 aliphatic rings. The quantitative estimate of drug-likeness (QED) is 0.460. The Balaban J connectivity index is 1.59. The lowest BCUT2D eigenvalue weighted by Gasteiger charge is -2.18. The van der Waals surface area contributed by atoms with E-state index in [1.54, 1.807) is 18.2 Å². The Kier molecular flexibility index (Phi) is 7.59. The lowest BCUT2D eigenvalue weighted by molar-refractivity contribution is 0.248. The number of halogens is 2. The van der Waals surface area contributed by atoms with Crippen LogP contribution in [-0.4, -0.2) is 44.5 Å². The van der Waals surface area contributed by atoms with Crippen LogP contribution in [0.1, 0.15) is 12.0 Å². The summed E-state index contributed by atoms with van der Waals surface area (Å²) in [6, 6.07) is 11.2. The highest BCUT2D eigenvalue weighted by molar-refractivity contribution is 9.11. The van der Waals surface area contributed by atoms with Crippen LogP contribution in [0.15, 0.2) is 56.3 Å². The topological polar surface area (TPSA) is 114 Å². The van der Waals surface area contributed by atoms with Gasteiger partial charge in [0.2, 0.25) is 10.0 Å². The number of amides is 2. The number of nitriles is 1. The van der Waals surface area contributed by atoms with E-state index in [4.69, 9.17) is 0 Å². The van der Waals surface area contributed by atoms with Crippen LogP contribution < -0.4 is 15.4 Å². The number of rotatable bonds is 6. The molecule has 0 saturated carbocycles. The standard InChI is InChI=1S/C20H21Br2N5O3S/c1-13-3-2-4-15(7-13)25-20(28)24-10-17-9-16(11-27(17)12-23)26-31(29,30)19-8-14(21)5-6-18(19)22/h2-8,16-17,26H,9-11H2,1H3,(H2,24,25,28)/t16-,17-/m1/s1. The van der Waals surface area contributed by atoms with Gasteiger partial charge in [0.15, 0.2) is 6.19 Å². The fourth-order valence-corrected chi connectivity index (χ4v) is 6.13. The number of carbonyl (C=O) groups excluding carboxylic acids is 1. The van der Waals surface area contributed by atoms with E-state index in [-0.39, 0.29) is 30.1 Å². The molecule has 1 fully saturated rings. The molecule has 0 bridgehead atoms. The summed E-state index contributed by atoms with van der Waals surface area (Å²) >= 11 is 6.55. The second-order valence-corrected chi connectivity index (χ2v) is 10.7. The first kappa shape index (κ1) is 23.5. The fraction of sp³-hybridized carbons (Fsp3) is 0.300. The van der Waals surface area contributed by atoms with Gasteiger partial charge in [-0.15, -0.1) is 0 Å². The molecule has 31 heavy (non-hydrogen) atoms. The molecular formula is C20H21Br2N5O3S. The average molecular weight is 571 g/mol. The van der Waals surface area contributed by atoms with Gasteiger partial charge in [0.25, 0.3) is 0 Å². The van der Waals surface area contributed by atoms with Gasteiger partial charge in [0.1, 0.15) is 0 Å². The molecule has 11 heteroatoms. The summed E-state index contributed by atoms with van der Waals surface area (Å²) in [5.74, 6) is 0. The average Bonchev–Trinajstić information content (AvgIpc) is 3.09. The molecule has 2 aromatic rings. The summed E-state index contributed by atoms with van der Waals surface area (Å²) in [6.45, 7) is 2.37. The van der Waals surface area contributed by atoms with Crippen molar-refractivity contribution in [1.29, 1.82) is 5.26 Å². The Morgan fingerprint density at radius 2 is 2.03 bits per heavy atom. The molecule has 0 aliphatic carbocycles. The number of hydrogen-bond acceptors (Lipinski definition) is 5. The van der Waals surface area contributed by atoms with Gasteiger partial charge in [-0.05, 0) is 65.2 Å². The maximum absolute atomic E-state index is 12.8. The van der Waals surface area contributed by atoms with E-state index in [1.807, 2.05) is 25.1 Å². The second-order valence-electron chi connectivity index (χ2n) is 7.24. The van der Waals surface area contributed by atoms with E-state index in [0.717, 1.165) is 5.56 Å². The number of hydrogen-bond donors (Lipinski definition) is 3. The molecule has 2 amide bonds. The van der Waals surface area contributed by atoms with Crippen molar-refractivity contribution < 1.29 is 13.2 Å². The predicted octanol–water partition coefficient (Wildman–Crippen LogP) is 3.54. The maximum atomic E-state index is 12.8. The Bertz CT molecular complexity index is 1120. The summed E-state index contributed by atoms with van der Waals surface area (Å²) in [6.07, 6.45) is 2.47. The number of anilines is 1. The van der Waals surface area contributed by atoms with Gasteiger partial charge < -0.3 is 15.5 Å². The maximum Gasteiger partial charge on any atom is 0.319 e. The Morgan fingerprint density at radius 3 is 2.74 bits per heavy atom. The zero-order valence-electron chi connectivity index (χ0n) is 16.6. The number of benzene rings is 2. The molecule has 1 aliphatic heterocycles. The van der Waals surface area contributed by atoms with Crippen LogP contribution in [-0.2, 0) is 10.0 Å². The van der Waals surface area contributed by atoms with Crippen molar-refractivity contribution in [3.8, 4) is 6.19 Å². The number of nitrogens with zero attached hydrogens (tertiary/aromatic N) is 2. The van der Waals surface area contributed by atoms with Crippen molar-refractivity contribution in [2.75, 3.05) is 18.4 Å². The van der Waals surface area contributed by atoms with E-state index >= 15 is 0 Å². The minimum Gasteiger partial charge on any atom is -0.336 e. The van der Waals surface area contributed by atoms with Crippen molar-refractivity contribution in [3.63, 3.8) is 0 Å². The fourth-order valence-electron chi connectivity index (χ4n) is 3.39. The highest BCUT2D eigenvalue weighted by atomic mass is 79.9. The number of urea groups is 1. The first-order valence-electron chi connectivity index (χ1n) is 9.43. The first-order chi connectivity index (χ1) is 14.7. The number of carbonyl (C=O) groups is 1. The Hall–Kier alpha value is -2.13. The van der Waals surface area contributed by atoms with Crippen LogP contribution in [0.5, 0.6) is 0 Å². The molecule has 0 aromatic heterocycles. The minimum atomic E-state index is -3.79. The first-order valence-corrected chi connectivity index (χ1v) is 12.5. The number of aryl methyl sites for hydroxylation is 1. The van der Waals surface area contributed by atoms with Crippen LogP contribution in [0.2, 0.25) is 0 Å². The third-order valence-electron chi connectivity index (χ3n) is 4.82. The smallest absolute Gasteiger partial charge is 0.319 e. The highest BCUT2D eigenvalue weighted by Gasteiger charge is 2.35. The van der Waals surface area contributed by atoms with Crippen molar-refractivity contribution in [1.82, 2.24) is 14.9 Å². The molecule has 3 rings (SSSR count). The molecule has 0 spiro atoms. The monoisotopic (exact) mass is 569 g/mol. The third kappa shape index (κ3) is 6.20. The van der Waals surface area contributed by atoms with Gasteiger partial charge in [-0.3, -0.25) is 0 Å². The lowest BCUT2D eigenvalue weighted by Crippen LogP contribution is -2.39. The molecule has 3 N–H and O–H groups in total. The summed E-state index contributed by atoms with van der Waals surface area (Å²) < 4.78 is 29.4. The Morgan fingerprint density at radius 1 is 1.26 bits per heavy atom. The number of sulfonamides is 1. The second kappa shape index (κ2) is 9.99. The molecule has 2 atom stereocenters. The van der Waals surface area contributed by atoms with Gasteiger partial charge in [0, 0.05) is 33.8 Å². The SMILES string of the molecule is Cc1cccc(NC(=O)NC[C@H]2C[C@@H](NS(=O)(=O)c3cc(Br)ccc3Br)CN2C#N)c1. The van der Waals surface area contributed by atoms with E-state index in [0.29, 0.717) is 21.1 Å². The van der Waals surface area contributed by atoms with E-state index in [1.165, 1.54) is 11.0 Å². The molecular weight excluding hydrogens is 550 g/mol. The van der Waals surface area contributed by atoms with Crippen LogP contribution >= 0.6 is 31.9 Å². The molecule has 1 heterocycles. The van der Waals surface area contributed by atoms with Crippen molar-refractivity contribution in [3.05, 3.63) is 57.0 Å². The van der Waals surface area contributed by atoms with Crippen molar-refractivity contribution in [2.45, 2.75) is 30.3 Å². The van der Waals surface area contributed by atoms with Gasteiger partial charge in [-0.1, -0.05) is 28.1 Å². The van der Waals surface area contributed by atoms with Gasteiger partial charge >= 0.3 is 6.03 Å². The summed E-state index contributed by atoms with van der Waals surface area (Å²) in [4.78, 5) is 13.8. The molecule has 164 valence electrons. The van der Waals surface area contributed by atoms with Crippen LogP contribution in [0, 0.1) is 18.4 Å². The summed E-state index contributed by atoms with van der Waals surface area (Å²) in [5.41, 5.74) is 1.70.